The number of halogens is 1. The predicted octanol–water partition coefficient (Wildman–Crippen LogP) is 5.70. The zero-order chi connectivity index (χ0) is 23.2. The van der Waals surface area contributed by atoms with E-state index in [0.29, 0.717) is 39.6 Å². The van der Waals surface area contributed by atoms with Crippen molar-refractivity contribution in [3.05, 3.63) is 89.1 Å². The van der Waals surface area contributed by atoms with Crippen LogP contribution in [0.4, 0.5) is 10.1 Å². The molecule has 0 unspecified atom stereocenters. The number of nitrogens with zero attached hydrogens (tertiary/aromatic N) is 1. The number of thioether (sulfide) groups is 1. The summed E-state index contributed by atoms with van der Waals surface area (Å²) in [4.78, 5) is 14.8. The summed E-state index contributed by atoms with van der Waals surface area (Å²) in [5, 5.41) is 0. The zero-order valence-electron chi connectivity index (χ0n) is 17.7. The average Bonchev–Trinajstić information content (AvgIpc) is 3.11. The number of ether oxygens (including phenoxy) is 3. The molecular formula is C25H20FNO4S2. The SMILES string of the molecule is COc1cccc(OCCOc2ccccc2C=C2SC(=S)N(c3ccc(F)cc3)C2=O)c1. The smallest absolute Gasteiger partial charge is 0.270 e. The Labute approximate surface area is 200 Å². The lowest BCUT2D eigenvalue weighted by Gasteiger charge is -2.14. The molecule has 1 saturated heterocycles. The van der Waals surface area contributed by atoms with Crippen LogP contribution >= 0.6 is 24.0 Å². The standard InChI is InChI=1S/C25H20FNO4S2/c1-29-20-6-4-7-21(16-20)30-13-14-31-22-8-3-2-5-17(22)15-23-24(28)27(25(32)33-23)19-11-9-18(26)10-12-19/h2-12,15-16H,13-14H2,1H3. The van der Waals surface area contributed by atoms with Crippen molar-refractivity contribution in [1.29, 1.82) is 0 Å². The van der Waals surface area contributed by atoms with Gasteiger partial charge in [0, 0.05) is 11.6 Å². The van der Waals surface area contributed by atoms with E-state index in [1.807, 2.05) is 42.5 Å². The lowest BCUT2D eigenvalue weighted by atomic mass is 10.2. The fourth-order valence-electron chi connectivity index (χ4n) is 3.16. The molecule has 1 fully saturated rings. The first kappa shape index (κ1) is 22.8. The third-order valence-corrected chi connectivity index (χ3v) is 6.04. The molecule has 0 saturated carbocycles. The molecule has 8 heteroatoms. The fourth-order valence-corrected chi connectivity index (χ4v) is 4.44. The van der Waals surface area contributed by atoms with Crippen LogP contribution in [0.25, 0.3) is 6.08 Å². The van der Waals surface area contributed by atoms with Crippen LogP contribution in [0.5, 0.6) is 17.2 Å². The van der Waals surface area contributed by atoms with Crippen LogP contribution in [0.1, 0.15) is 5.56 Å². The maximum Gasteiger partial charge on any atom is 0.270 e. The first-order valence-corrected chi connectivity index (χ1v) is 11.3. The minimum absolute atomic E-state index is 0.257. The second-order valence-corrected chi connectivity index (χ2v) is 8.58. The van der Waals surface area contributed by atoms with Crippen LogP contribution in [0.3, 0.4) is 0 Å². The monoisotopic (exact) mass is 481 g/mol. The van der Waals surface area contributed by atoms with E-state index < -0.39 is 0 Å². The third-order valence-electron chi connectivity index (χ3n) is 4.73. The van der Waals surface area contributed by atoms with Gasteiger partial charge in [-0.2, -0.15) is 0 Å². The number of carbonyl (C=O) groups excluding carboxylic acids is 1. The van der Waals surface area contributed by atoms with E-state index in [-0.39, 0.29) is 11.7 Å². The van der Waals surface area contributed by atoms with Crippen molar-refractivity contribution in [2.75, 3.05) is 25.2 Å². The summed E-state index contributed by atoms with van der Waals surface area (Å²) in [7, 11) is 1.60. The van der Waals surface area contributed by atoms with Crippen LogP contribution < -0.4 is 19.1 Å². The molecule has 4 rings (SSSR count). The maximum absolute atomic E-state index is 13.3. The van der Waals surface area contributed by atoms with Crippen molar-refractivity contribution in [2.45, 2.75) is 0 Å². The highest BCUT2D eigenvalue weighted by molar-refractivity contribution is 8.27. The van der Waals surface area contributed by atoms with Gasteiger partial charge in [0.05, 0.1) is 17.7 Å². The van der Waals surface area contributed by atoms with Gasteiger partial charge in [-0.15, -0.1) is 0 Å². The highest BCUT2D eigenvalue weighted by Crippen LogP contribution is 2.37. The van der Waals surface area contributed by atoms with Crippen molar-refractivity contribution in [1.82, 2.24) is 0 Å². The number of rotatable bonds is 8. The van der Waals surface area contributed by atoms with Gasteiger partial charge in [0.25, 0.3) is 5.91 Å². The molecule has 1 amide bonds. The van der Waals surface area contributed by atoms with Gasteiger partial charge < -0.3 is 14.2 Å². The van der Waals surface area contributed by atoms with Crippen LogP contribution in [-0.2, 0) is 4.79 Å². The average molecular weight is 482 g/mol. The Morgan fingerprint density at radius 3 is 2.48 bits per heavy atom. The first-order chi connectivity index (χ1) is 16.0. The highest BCUT2D eigenvalue weighted by Gasteiger charge is 2.33. The highest BCUT2D eigenvalue weighted by atomic mass is 32.2. The van der Waals surface area contributed by atoms with Gasteiger partial charge in [-0.1, -0.05) is 48.2 Å². The largest absolute Gasteiger partial charge is 0.497 e. The number of anilines is 1. The van der Waals surface area contributed by atoms with Crippen molar-refractivity contribution in [2.24, 2.45) is 0 Å². The van der Waals surface area contributed by atoms with Crippen molar-refractivity contribution < 1.29 is 23.4 Å². The summed E-state index contributed by atoms with van der Waals surface area (Å²) < 4.78 is 30.5. The molecule has 1 heterocycles. The molecule has 5 nitrogen and oxygen atoms in total. The van der Waals surface area contributed by atoms with Crippen molar-refractivity contribution in [3.63, 3.8) is 0 Å². The van der Waals surface area contributed by atoms with E-state index in [1.54, 1.807) is 19.3 Å². The maximum atomic E-state index is 13.3. The van der Waals surface area contributed by atoms with Gasteiger partial charge in [-0.05, 0) is 48.5 Å². The topological polar surface area (TPSA) is 48.0 Å². The number of hydrogen-bond acceptors (Lipinski definition) is 6. The molecule has 0 aliphatic carbocycles. The molecule has 3 aromatic rings. The summed E-state index contributed by atoms with van der Waals surface area (Å²) in [6.07, 6.45) is 1.75. The predicted molar refractivity (Wildman–Crippen MR) is 132 cm³/mol. The second kappa shape index (κ2) is 10.5. The fraction of sp³-hybridized carbons (Fsp3) is 0.120. The molecule has 0 N–H and O–H groups in total. The number of amides is 1. The molecule has 0 atom stereocenters. The molecule has 168 valence electrons. The van der Waals surface area contributed by atoms with E-state index in [2.05, 4.69) is 0 Å². The Bertz CT molecular complexity index is 1200. The molecule has 0 spiro atoms. The Morgan fingerprint density at radius 1 is 0.970 bits per heavy atom. The molecule has 0 radical (unpaired) electrons. The minimum atomic E-state index is -0.374. The number of thiocarbonyl (C=S) groups is 1. The van der Waals surface area contributed by atoms with Crippen molar-refractivity contribution in [3.8, 4) is 17.2 Å². The second-order valence-electron chi connectivity index (χ2n) is 6.91. The van der Waals surface area contributed by atoms with Gasteiger partial charge in [0.1, 0.15) is 36.3 Å². The molecule has 0 bridgehead atoms. The Balaban J connectivity index is 1.43. The Kier molecular flexibility index (Phi) is 7.26. The van der Waals surface area contributed by atoms with Gasteiger partial charge in [0.15, 0.2) is 4.32 Å². The molecule has 1 aliphatic heterocycles. The molecule has 3 aromatic carbocycles. The number of hydrogen-bond donors (Lipinski definition) is 0. The Morgan fingerprint density at radius 2 is 1.70 bits per heavy atom. The van der Waals surface area contributed by atoms with E-state index in [4.69, 9.17) is 26.4 Å². The third kappa shape index (κ3) is 5.53. The molecule has 33 heavy (non-hydrogen) atoms. The number of carbonyl (C=O) groups is 1. The first-order valence-electron chi connectivity index (χ1n) is 10.1. The number of benzene rings is 3. The van der Waals surface area contributed by atoms with Crippen LogP contribution in [0, 0.1) is 5.82 Å². The van der Waals surface area contributed by atoms with Gasteiger partial charge in [-0.3, -0.25) is 9.69 Å². The van der Waals surface area contributed by atoms with Gasteiger partial charge in [0.2, 0.25) is 0 Å². The lowest BCUT2D eigenvalue weighted by molar-refractivity contribution is -0.113. The number of methoxy groups -OCH3 is 1. The van der Waals surface area contributed by atoms with Gasteiger partial charge >= 0.3 is 0 Å². The Hall–Kier alpha value is -3.36. The summed E-state index contributed by atoms with van der Waals surface area (Å²) in [6.45, 7) is 0.660. The summed E-state index contributed by atoms with van der Waals surface area (Å²) >= 11 is 6.58. The van der Waals surface area contributed by atoms with Crippen LogP contribution in [-0.4, -0.2) is 30.6 Å². The normalized spacial score (nSPS) is 14.6. The van der Waals surface area contributed by atoms with E-state index in [9.17, 15) is 9.18 Å². The lowest BCUT2D eigenvalue weighted by Crippen LogP contribution is -2.27. The van der Waals surface area contributed by atoms with Crippen LogP contribution in [0.2, 0.25) is 0 Å². The summed E-state index contributed by atoms with van der Waals surface area (Å²) in [6, 6.07) is 20.4. The minimum Gasteiger partial charge on any atom is -0.497 e. The summed E-state index contributed by atoms with van der Waals surface area (Å²) in [5.41, 5.74) is 1.28. The zero-order valence-corrected chi connectivity index (χ0v) is 19.3. The number of para-hydroxylation sites is 1. The van der Waals surface area contributed by atoms with Crippen molar-refractivity contribution >= 4 is 46.0 Å². The molecular weight excluding hydrogens is 461 g/mol. The van der Waals surface area contributed by atoms with E-state index in [0.717, 1.165) is 11.3 Å². The van der Waals surface area contributed by atoms with Crippen LogP contribution in [0.15, 0.2) is 77.7 Å². The van der Waals surface area contributed by atoms with Gasteiger partial charge in [-0.25, -0.2) is 4.39 Å². The summed E-state index contributed by atoms with van der Waals surface area (Å²) in [5.74, 6) is 1.40. The van der Waals surface area contributed by atoms with E-state index in [1.165, 1.54) is 40.9 Å². The quantitative estimate of drug-likeness (QED) is 0.234. The molecule has 0 aromatic heterocycles. The van der Waals surface area contributed by atoms with E-state index >= 15 is 0 Å². The molecule has 1 aliphatic rings.